The van der Waals surface area contributed by atoms with Crippen LogP contribution >= 0.6 is 0 Å². The molecule has 0 bridgehead atoms. The Labute approximate surface area is 189 Å². The van der Waals surface area contributed by atoms with E-state index in [1.54, 1.807) is 12.1 Å². The van der Waals surface area contributed by atoms with Gasteiger partial charge in [-0.15, -0.1) is 8.78 Å². The summed E-state index contributed by atoms with van der Waals surface area (Å²) in [6, 6.07) is 13.5. The number of nitrogens with zero attached hydrogens (tertiary/aromatic N) is 1. The number of carbonyl (C=O) groups is 1. The van der Waals surface area contributed by atoms with Gasteiger partial charge in [0, 0.05) is 42.1 Å². The van der Waals surface area contributed by atoms with E-state index in [-0.39, 0.29) is 28.6 Å². The quantitative estimate of drug-likeness (QED) is 0.528. The smallest absolute Gasteiger partial charge is 0.395 e. The molecule has 3 aromatic rings. The Morgan fingerprint density at radius 2 is 1.85 bits per heavy atom. The van der Waals surface area contributed by atoms with Crippen molar-refractivity contribution in [1.82, 2.24) is 10.3 Å². The highest BCUT2D eigenvalue weighted by Crippen LogP contribution is 2.42. The highest BCUT2D eigenvalue weighted by molar-refractivity contribution is 6.07. The second-order valence-electron chi connectivity index (χ2n) is 8.67. The summed E-state index contributed by atoms with van der Waals surface area (Å²) in [7, 11) is 0. The predicted octanol–water partition coefficient (Wildman–Crippen LogP) is 4.78. The largest absolute Gasteiger partial charge is 0.586 e. The van der Waals surface area contributed by atoms with Crippen LogP contribution < -0.4 is 25.4 Å². The van der Waals surface area contributed by atoms with E-state index in [9.17, 15) is 13.6 Å². The maximum atomic E-state index is 13.3. The Morgan fingerprint density at radius 1 is 1.06 bits per heavy atom. The number of ether oxygens (including phenoxy) is 2. The van der Waals surface area contributed by atoms with Gasteiger partial charge in [-0.25, -0.2) is 4.98 Å². The van der Waals surface area contributed by atoms with Crippen molar-refractivity contribution in [3.8, 4) is 11.5 Å². The van der Waals surface area contributed by atoms with Crippen LogP contribution in [0.3, 0.4) is 0 Å². The van der Waals surface area contributed by atoms with Gasteiger partial charge in [0.25, 0.3) is 5.91 Å². The highest BCUT2D eigenvalue weighted by atomic mass is 19.3. The summed E-state index contributed by atoms with van der Waals surface area (Å²) in [5, 5.41) is 9.32. The number of fused-ring (bicyclic) bond motifs is 2. The van der Waals surface area contributed by atoms with Crippen LogP contribution in [-0.2, 0) is 12.0 Å². The van der Waals surface area contributed by atoms with Gasteiger partial charge < -0.3 is 25.4 Å². The van der Waals surface area contributed by atoms with Gasteiger partial charge >= 0.3 is 6.29 Å². The normalized spacial score (nSPS) is 17.2. The molecule has 3 N–H and O–H groups in total. The maximum Gasteiger partial charge on any atom is 0.586 e. The molecule has 33 heavy (non-hydrogen) atoms. The van der Waals surface area contributed by atoms with Crippen molar-refractivity contribution >= 4 is 23.1 Å². The first-order valence-electron chi connectivity index (χ1n) is 10.5. The van der Waals surface area contributed by atoms with Crippen LogP contribution in [0, 0.1) is 0 Å². The van der Waals surface area contributed by atoms with Crippen LogP contribution in [0.15, 0.2) is 54.7 Å². The molecule has 1 amide bonds. The molecule has 0 unspecified atom stereocenters. The lowest BCUT2D eigenvalue weighted by molar-refractivity contribution is -0.286. The van der Waals surface area contributed by atoms with E-state index in [1.165, 1.54) is 30.0 Å². The fourth-order valence-corrected chi connectivity index (χ4v) is 4.13. The fraction of sp³-hybridized carbons (Fsp3) is 0.250. The van der Waals surface area contributed by atoms with Crippen LogP contribution in [0.4, 0.5) is 26.0 Å². The first kappa shape index (κ1) is 21.1. The average Bonchev–Trinajstić information content (AvgIpc) is 3.07. The molecule has 2 aliphatic heterocycles. The Hall–Kier alpha value is -3.72. The van der Waals surface area contributed by atoms with Crippen molar-refractivity contribution in [2.75, 3.05) is 17.2 Å². The molecule has 0 radical (unpaired) electrons. The van der Waals surface area contributed by atoms with Crippen LogP contribution in [0.25, 0.3) is 0 Å². The number of aromatic nitrogens is 1. The van der Waals surface area contributed by atoms with Gasteiger partial charge in [-0.2, -0.15) is 0 Å². The van der Waals surface area contributed by atoms with E-state index in [1.807, 2.05) is 12.1 Å². The van der Waals surface area contributed by atoms with Crippen LogP contribution in [-0.4, -0.2) is 23.7 Å². The number of amides is 1. The third kappa shape index (κ3) is 4.19. The predicted molar refractivity (Wildman–Crippen MR) is 119 cm³/mol. The van der Waals surface area contributed by atoms with E-state index in [0.29, 0.717) is 16.9 Å². The first-order valence-corrected chi connectivity index (χ1v) is 10.5. The minimum absolute atomic E-state index is 0.0190. The van der Waals surface area contributed by atoms with Gasteiger partial charge in [0.2, 0.25) is 0 Å². The number of carbonyl (C=O) groups excluding carboxylic acids is 1. The summed E-state index contributed by atoms with van der Waals surface area (Å²) < 4.78 is 35.5. The molecule has 170 valence electrons. The zero-order chi connectivity index (χ0) is 23.2. The molecule has 5 rings (SSSR count). The number of pyridine rings is 1. The number of rotatable bonds is 4. The van der Waals surface area contributed by atoms with Crippen LogP contribution in [0.5, 0.6) is 11.5 Å². The molecule has 0 aliphatic carbocycles. The van der Waals surface area contributed by atoms with Crippen molar-refractivity contribution < 1.29 is 23.0 Å². The molecule has 2 aromatic carbocycles. The zero-order valence-electron chi connectivity index (χ0n) is 18.0. The summed E-state index contributed by atoms with van der Waals surface area (Å²) in [5.41, 5.74) is 3.83. The summed E-state index contributed by atoms with van der Waals surface area (Å²) in [4.78, 5) is 17.3. The number of anilines is 3. The van der Waals surface area contributed by atoms with E-state index >= 15 is 0 Å². The van der Waals surface area contributed by atoms with Gasteiger partial charge in [0.15, 0.2) is 11.5 Å². The summed E-state index contributed by atoms with van der Waals surface area (Å²) in [5.74, 6) is -0.227. The summed E-state index contributed by atoms with van der Waals surface area (Å²) >= 11 is 0. The monoisotopic (exact) mass is 452 g/mol. The minimum atomic E-state index is -3.70. The van der Waals surface area contributed by atoms with Crippen molar-refractivity contribution in [3.63, 3.8) is 0 Å². The summed E-state index contributed by atoms with van der Waals surface area (Å²) in [6.07, 6.45) is -2.16. The molecule has 0 spiro atoms. The van der Waals surface area contributed by atoms with Gasteiger partial charge in [-0.05, 0) is 47.5 Å². The third-order valence-electron chi connectivity index (χ3n) is 5.69. The lowest BCUT2D eigenvalue weighted by Gasteiger charge is -2.33. The Kier molecular flexibility index (Phi) is 4.93. The number of benzene rings is 2. The molecular weight excluding hydrogens is 430 g/mol. The Bertz CT molecular complexity index is 1250. The second kappa shape index (κ2) is 7.70. The van der Waals surface area contributed by atoms with Crippen molar-refractivity contribution in [2.24, 2.45) is 0 Å². The highest BCUT2D eigenvalue weighted by Gasteiger charge is 2.43. The first-order chi connectivity index (χ1) is 15.7. The zero-order valence-corrected chi connectivity index (χ0v) is 18.0. The van der Waals surface area contributed by atoms with Gasteiger partial charge in [0.05, 0.1) is 5.56 Å². The SMILES string of the molecule is CC1(C)CNCc2cc(NC(=O)c3cccnc3Nc3ccc4c(c3)OC(F)(F)O4)ccc21. The fourth-order valence-electron chi connectivity index (χ4n) is 4.13. The molecule has 0 atom stereocenters. The van der Waals surface area contributed by atoms with Gasteiger partial charge in [-0.1, -0.05) is 19.9 Å². The Balaban J connectivity index is 1.36. The number of nitrogens with one attached hydrogen (secondary N) is 3. The van der Waals surface area contributed by atoms with Crippen LogP contribution in [0.2, 0.25) is 0 Å². The van der Waals surface area contributed by atoms with Gasteiger partial charge in [-0.3, -0.25) is 4.79 Å². The lowest BCUT2D eigenvalue weighted by atomic mass is 9.79. The van der Waals surface area contributed by atoms with Crippen molar-refractivity contribution in [2.45, 2.75) is 32.1 Å². The standard InChI is InChI=1S/C24H22F2N4O3/c1-23(2)13-27-12-14-10-15(5-7-18(14)23)30-22(31)17-4-3-9-28-21(17)29-16-6-8-19-20(11-16)33-24(25,26)32-19/h3-11,27H,12-13H2,1-2H3,(H,28,29)(H,30,31). The van der Waals surface area contributed by atoms with Crippen LogP contribution in [0.1, 0.15) is 35.3 Å². The van der Waals surface area contributed by atoms with Gasteiger partial charge in [0.1, 0.15) is 5.82 Å². The molecule has 3 heterocycles. The average molecular weight is 452 g/mol. The molecule has 1 aromatic heterocycles. The second-order valence-corrected chi connectivity index (χ2v) is 8.67. The minimum Gasteiger partial charge on any atom is -0.395 e. The number of alkyl halides is 2. The lowest BCUT2D eigenvalue weighted by Crippen LogP contribution is -2.38. The molecule has 0 fully saturated rings. The molecule has 0 saturated heterocycles. The third-order valence-corrected chi connectivity index (χ3v) is 5.69. The van der Waals surface area contributed by atoms with E-state index < -0.39 is 6.29 Å². The molecule has 0 saturated carbocycles. The van der Waals surface area contributed by atoms with E-state index in [0.717, 1.165) is 18.7 Å². The number of hydrogen-bond donors (Lipinski definition) is 3. The Morgan fingerprint density at radius 3 is 2.70 bits per heavy atom. The topological polar surface area (TPSA) is 84.5 Å². The van der Waals surface area contributed by atoms with Crippen molar-refractivity contribution in [3.05, 3.63) is 71.4 Å². The van der Waals surface area contributed by atoms with E-state index in [2.05, 4.69) is 50.3 Å². The van der Waals surface area contributed by atoms with Crippen molar-refractivity contribution in [1.29, 1.82) is 0 Å². The summed E-state index contributed by atoms with van der Waals surface area (Å²) in [6.45, 7) is 6.00. The molecule has 9 heteroatoms. The maximum absolute atomic E-state index is 13.3. The number of halogens is 2. The number of hydrogen-bond acceptors (Lipinski definition) is 6. The molecule has 7 nitrogen and oxygen atoms in total. The van der Waals surface area contributed by atoms with E-state index in [4.69, 9.17) is 0 Å². The molecular formula is C24H22F2N4O3. The molecule has 2 aliphatic rings.